The minimum atomic E-state index is -0.0205. The van der Waals surface area contributed by atoms with E-state index in [1.165, 1.54) is 0 Å². The zero-order valence-corrected chi connectivity index (χ0v) is 16.8. The van der Waals surface area contributed by atoms with E-state index >= 15 is 0 Å². The molecule has 1 fully saturated rings. The number of hydrogen-bond acceptors (Lipinski definition) is 4. The van der Waals surface area contributed by atoms with Crippen molar-refractivity contribution in [2.45, 2.75) is 53.5 Å². The van der Waals surface area contributed by atoms with Crippen LogP contribution in [0, 0.1) is 27.7 Å². The largest absolute Gasteiger partial charge is 0.466 e. The summed E-state index contributed by atoms with van der Waals surface area (Å²) in [5.41, 5.74) is 1.23. The minimum Gasteiger partial charge on any atom is -0.466 e. The fourth-order valence-corrected chi connectivity index (χ4v) is 3.90. The van der Waals surface area contributed by atoms with Crippen LogP contribution in [-0.2, 0) is 0 Å². The summed E-state index contributed by atoms with van der Waals surface area (Å²) in [6.45, 7) is 11.0. The Bertz CT molecular complexity index is 848. The number of aryl methyl sites for hydroxylation is 4. The molecule has 0 unspecified atom stereocenters. The quantitative estimate of drug-likeness (QED) is 0.817. The molecule has 0 radical (unpaired) electrons. The van der Waals surface area contributed by atoms with Gasteiger partial charge in [0.05, 0.1) is 11.1 Å². The summed E-state index contributed by atoms with van der Waals surface area (Å²) in [6.07, 6.45) is 1.80. The predicted molar refractivity (Wildman–Crippen MR) is 102 cm³/mol. The van der Waals surface area contributed by atoms with Gasteiger partial charge in [0.2, 0.25) is 0 Å². The van der Waals surface area contributed by atoms with Crippen LogP contribution >= 0.6 is 0 Å². The Kier molecular flexibility index (Phi) is 5.44. The van der Waals surface area contributed by atoms with Crippen molar-refractivity contribution in [1.29, 1.82) is 0 Å². The minimum absolute atomic E-state index is 0.00288. The molecule has 1 aliphatic rings. The molecule has 2 aromatic heterocycles. The molecule has 146 valence electrons. The van der Waals surface area contributed by atoms with Crippen LogP contribution in [0.2, 0.25) is 0 Å². The Morgan fingerprint density at radius 1 is 0.963 bits per heavy atom. The number of hydrogen-bond donors (Lipinski definition) is 0. The lowest BCUT2D eigenvalue weighted by Gasteiger charge is -2.41. The Labute approximate surface area is 160 Å². The normalized spacial score (nSPS) is 17.4. The van der Waals surface area contributed by atoms with E-state index in [1.807, 2.05) is 37.5 Å². The third kappa shape index (κ3) is 3.80. The predicted octanol–water partition coefficient (Wildman–Crippen LogP) is 3.87. The maximum Gasteiger partial charge on any atom is 0.257 e. The smallest absolute Gasteiger partial charge is 0.257 e. The first-order chi connectivity index (χ1) is 12.8. The molecule has 0 bridgehead atoms. The zero-order chi connectivity index (χ0) is 19.7. The molecule has 1 aliphatic heterocycles. The van der Waals surface area contributed by atoms with Crippen LogP contribution in [0.4, 0.5) is 0 Å². The van der Waals surface area contributed by atoms with Crippen molar-refractivity contribution in [3.05, 3.63) is 46.3 Å². The van der Waals surface area contributed by atoms with E-state index in [1.54, 1.807) is 12.1 Å². The van der Waals surface area contributed by atoms with Crippen LogP contribution in [0.25, 0.3) is 0 Å². The highest BCUT2D eigenvalue weighted by atomic mass is 16.3. The van der Waals surface area contributed by atoms with Crippen LogP contribution < -0.4 is 0 Å². The van der Waals surface area contributed by atoms with E-state index in [4.69, 9.17) is 8.83 Å². The number of rotatable bonds is 4. The maximum atomic E-state index is 13.1. The van der Waals surface area contributed by atoms with Gasteiger partial charge in [-0.05, 0) is 46.2 Å². The maximum absolute atomic E-state index is 13.1. The second kappa shape index (κ2) is 7.62. The molecule has 0 saturated carbocycles. The molecule has 27 heavy (non-hydrogen) atoms. The number of carbonyl (C=O) groups excluding carboxylic acids is 2. The molecule has 0 N–H and O–H groups in total. The van der Waals surface area contributed by atoms with Gasteiger partial charge in [-0.15, -0.1) is 0 Å². The second-order valence-corrected chi connectivity index (χ2v) is 7.35. The van der Waals surface area contributed by atoms with E-state index in [9.17, 15) is 9.59 Å². The first-order valence-corrected chi connectivity index (χ1v) is 9.56. The Balaban J connectivity index is 1.79. The van der Waals surface area contributed by atoms with Crippen LogP contribution in [0.15, 0.2) is 21.0 Å². The molecule has 1 atom stereocenters. The van der Waals surface area contributed by atoms with Crippen molar-refractivity contribution < 1.29 is 18.4 Å². The summed E-state index contributed by atoms with van der Waals surface area (Å²) < 4.78 is 11.0. The van der Waals surface area contributed by atoms with Gasteiger partial charge in [0.25, 0.3) is 11.8 Å². The van der Waals surface area contributed by atoms with Gasteiger partial charge in [-0.25, -0.2) is 0 Å². The topological polar surface area (TPSA) is 66.9 Å². The van der Waals surface area contributed by atoms with Crippen molar-refractivity contribution in [3.8, 4) is 0 Å². The van der Waals surface area contributed by atoms with Crippen molar-refractivity contribution in [2.75, 3.05) is 19.6 Å². The highest BCUT2D eigenvalue weighted by molar-refractivity contribution is 5.97. The van der Waals surface area contributed by atoms with Crippen molar-refractivity contribution in [1.82, 2.24) is 9.80 Å². The van der Waals surface area contributed by atoms with Gasteiger partial charge >= 0.3 is 0 Å². The van der Waals surface area contributed by atoms with E-state index < -0.39 is 0 Å². The average molecular weight is 372 g/mol. The van der Waals surface area contributed by atoms with Gasteiger partial charge in [-0.2, -0.15) is 0 Å². The van der Waals surface area contributed by atoms with Crippen molar-refractivity contribution in [3.63, 3.8) is 0 Å². The number of carbonyl (C=O) groups is 2. The number of nitrogens with zero attached hydrogens (tertiary/aromatic N) is 2. The second-order valence-electron chi connectivity index (χ2n) is 7.35. The summed E-state index contributed by atoms with van der Waals surface area (Å²) in [5.74, 6) is 2.74. The Morgan fingerprint density at radius 2 is 1.52 bits per heavy atom. The third-order valence-corrected chi connectivity index (χ3v) is 5.20. The van der Waals surface area contributed by atoms with Crippen molar-refractivity contribution >= 4 is 11.8 Å². The molecule has 2 amide bonds. The summed E-state index contributed by atoms with van der Waals surface area (Å²) in [4.78, 5) is 29.7. The number of amides is 2. The first-order valence-electron chi connectivity index (χ1n) is 9.56. The highest BCUT2D eigenvalue weighted by Crippen LogP contribution is 2.24. The molecule has 0 aromatic carbocycles. The molecular weight excluding hydrogens is 344 g/mol. The Morgan fingerprint density at radius 3 is 2.00 bits per heavy atom. The van der Waals surface area contributed by atoms with Gasteiger partial charge in [-0.3, -0.25) is 9.59 Å². The summed E-state index contributed by atoms with van der Waals surface area (Å²) in [6, 6.07) is 3.60. The zero-order valence-electron chi connectivity index (χ0n) is 16.8. The van der Waals surface area contributed by atoms with Crippen LogP contribution in [0.3, 0.4) is 0 Å². The highest BCUT2D eigenvalue weighted by Gasteiger charge is 2.34. The molecule has 0 aliphatic carbocycles. The monoisotopic (exact) mass is 372 g/mol. The van der Waals surface area contributed by atoms with E-state index in [-0.39, 0.29) is 17.9 Å². The van der Waals surface area contributed by atoms with E-state index in [0.717, 1.165) is 24.4 Å². The fourth-order valence-electron chi connectivity index (χ4n) is 3.90. The molecule has 3 heterocycles. The van der Waals surface area contributed by atoms with Crippen LogP contribution in [-0.4, -0.2) is 47.3 Å². The van der Waals surface area contributed by atoms with Gasteiger partial charge in [-0.1, -0.05) is 13.3 Å². The number of furan rings is 2. The first kappa shape index (κ1) is 19.3. The number of piperazine rings is 1. The summed E-state index contributed by atoms with van der Waals surface area (Å²) in [7, 11) is 0. The standard InChI is InChI=1S/C21H28N2O4/c1-6-7-17-12-22(20(24)18-10-13(2)26-15(18)4)8-9-23(17)21(25)19-11-14(3)27-16(19)5/h10-11,17H,6-9,12H2,1-5H3/t17-/m0/s1. The molecule has 0 spiro atoms. The SMILES string of the molecule is CCC[C@H]1CN(C(=O)c2cc(C)oc2C)CCN1C(=O)c1cc(C)oc1C. The average Bonchev–Trinajstić information content (AvgIpc) is 3.14. The molecular formula is C21H28N2O4. The molecule has 6 nitrogen and oxygen atoms in total. The lowest BCUT2D eigenvalue weighted by atomic mass is 10.0. The molecule has 2 aromatic rings. The summed E-state index contributed by atoms with van der Waals surface area (Å²) >= 11 is 0. The van der Waals surface area contributed by atoms with Gasteiger partial charge in [0.1, 0.15) is 23.0 Å². The van der Waals surface area contributed by atoms with Crippen LogP contribution in [0.1, 0.15) is 63.5 Å². The van der Waals surface area contributed by atoms with Crippen LogP contribution in [0.5, 0.6) is 0 Å². The van der Waals surface area contributed by atoms with Gasteiger partial charge in [0, 0.05) is 25.7 Å². The van der Waals surface area contributed by atoms with Gasteiger partial charge < -0.3 is 18.6 Å². The lowest BCUT2D eigenvalue weighted by molar-refractivity contribution is 0.0368. The Hall–Kier alpha value is -2.50. The molecule has 6 heteroatoms. The van der Waals surface area contributed by atoms with E-state index in [2.05, 4.69) is 6.92 Å². The van der Waals surface area contributed by atoms with E-state index in [0.29, 0.717) is 42.3 Å². The van der Waals surface area contributed by atoms with Crippen molar-refractivity contribution in [2.24, 2.45) is 0 Å². The molecule has 1 saturated heterocycles. The third-order valence-electron chi connectivity index (χ3n) is 5.20. The fraction of sp³-hybridized carbons (Fsp3) is 0.524. The lowest BCUT2D eigenvalue weighted by Crippen LogP contribution is -2.56. The molecule has 3 rings (SSSR count). The summed E-state index contributed by atoms with van der Waals surface area (Å²) in [5, 5.41) is 0. The van der Waals surface area contributed by atoms with Gasteiger partial charge in [0.15, 0.2) is 0 Å².